The smallest absolute Gasteiger partial charge is 0.309 e. The van der Waals surface area contributed by atoms with Crippen molar-refractivity contribution in [1.29, 1.82) is 0 Å². The fourth-order valence-electron chi connectivity index (χ4n) is 1.30. The van der Waals surface area contributed by atoms with Gasteiger partial charge in [-0.1, -0.05) is 18.2 Å². The molecule has 0 heterocycles. The second kappa shape index (κ2) is 6.29. The Hall–Kier alpha value is -2.50. The third-order valence-electron chi connectivity index (χ3n) is 2.20. The lowest BCUT2D eigenvalue weighted by Crippen LogP contribution is -1.97. The van der Waals surface area contributed by atoms with E-state index in [-0.39, 0.29) is 17.7 Å². The Morgan fingerprint density at radius 2 is 2.22 bits per heavy atom. The number of ether oxygens (including phenoxy) is 1. The molecule has 0 amide bonds. The van der Waals surface area contributed by atoms with E-state index in [9.17, 15) is 19.7 Å². The van der Waals surface area contributed by atoms with Gasteiger partial charge in [0.2, 0.25) is 0 Å². The molecule has 1 aromatic carbocycles. The van der Waals surface area contributed by atoms with Gasteiger partial charge in [0.25, 0.3) is 5.69 Å². The van der Waals surface area contributed by atoms with E-state index in [4.69, 9.17) is 0 Å². The van der Waals surface area contributed by atoms with Crippen LogP contribution in [0.3, 0.4) is 0 Å². The molecule has 1 rings (SSSR count). The number of esters is 1. The van der Waals surface area contributed by atoms with Crippen molar-refractivity contribution < 1.29 is 19.2 Å². The lowest BCUT2D eigenvalue weighted by Gasteiger charge is -1.98. The summed E-state index contributed by atoms with van der Waals surface area (Å²) >= 11 is 0. The maximum Gasteiger partial charge on any atom is 0.309 e. The van der Waals surface area contributed by atoms with Crippen molar-refractivity contribution in [2.45, 2.75) is 6.42 Å². The fraction of sp³-hybridized carbons (Fsp3) is 0.167. The van der Waals surface area contributed by atoms with Crippen LogP contribution in [0.15, 0.2) is 24.3 Å². The molecular weight excluding hydrogens is 238 g/mol. The minimum atomic E-state index is -0.624. The van der Waals surface area contributed by atoms with Crippen LogP contribution < -0.4 is 0 Å². The summed E-state index contributed by atoms with van der Waals surface area (Å²) in [5.74, 6) is -0.398. The minimum Gasteiger partial charge on any atom is -0.469 e. The highest BCUT2D eigenvalue weighted by Gasteiger charge is 2.12. The van der Waals surface area contributed by atoms with Crippen LogP contribution in [0.4, 0.5) is 5.69 Å². The van der Waals surface area contributed by atoms with Crippen LogP contribution in [0, 0.1) is 10.1 Å². The lowest BCUT2D eigenvalue weighted by molar-refractivity contribution is -0.385. The molecule has 0 aromatic heterocycles. The Morgan fingerprint density at radius 3 is 2.78 bits per heavy atom. The third-order valence-corrected chi connectivity index (χ3v) is 2.20. The standard InChI is InChI=1S/C12H11NO5/c1-18-12(15)4-2-3-9-5-6-10(8-14)11(7-9)13(16)17/h2-3,5-8H,4H2,1H3. The molecule has 0 N–H and O–H groups in total. The predicted molar refractivity (Wildman–Crippen MR) is 64.2 cm³/mol. The van der Waals surface area contributed by atoms with Crippen LogP contribution in [0.2, 0.25) is 0 Å². The van der Waals surface area contributed by atoms with Crippen LogP contribution in [-0.4, -0.2) is 24.3 Å². The fourth-order valence-corrected chi connectivity index (χ4v) is 1.30. The first-order chi connectivity index (χ1) is 8.58. The number of nitro benzene ring substituents is 1. The molecule has 0 bridgehead atoms. The number of benzene rings is 1. The number of nitrogens with zero attached hydrogens (tertiary/aromatic N) is 1. The largest absolute Gasteiger partial charge is 0.469 e. The molecule has 0 aliphatic rings. The van der Waals surface area contributed by atoms with E-state index >= 15 is 0 Å². The van der Waals surface area contributed by atoms with Crippen molar-refractivity contribution in [1.82, 2.24) is 0 Å². The summed E-state index contributed by atoms with van der Waals surface area (Å²) < 4.78 is 4.44. The van der Waals surface area contributed by atoms with Crippen LogP contribution >= 0.6 is 0 Å². The number of carbonyl (C=O) groups is 2. The van der Waals surface area contributed by atoms with Crippen molar-refractivity contribution in [2.75, 3.05) is 7.11 Å². The average molecular weight is 249 g/mol. The Morgan fingerprint density at radius 1 is 1.50 bits per heavy atom. The molecule has 6 nitrogen and oxygen atoms in total. The molecule has 1 aromatic rings. The number of rotatable bonds is 5. The van der Waals surface area contributed by atoms with Crippen LogP contribution in [0.5, 0.6) is 0 Å². The number of carbonyl (C=O) groups excluding carboxylic acids is 2. The minimum absolute atomic E-state index is 0.0186. The van der Waals surface area contributed by atoms with Crippen molar-refractivity contribution in [3.63, 3.8) is 0 Å². The molecule has 0 unspecified atom stereocenters. The predicted octanol–water partition coefficient (Wildman–Crippen LogP) is 1.98. The summed E-state index contributed by atoms with van der Waals surface area (Å²) in [5, 5.41) is 10.7. The lowest BCUT2D eigenvalue weighted by atomic mass is 10.1. The highest BCUT2D eigenvalue weighted by Crippen LogP contribution is 2.19. The van der Waals surface area contributed by atoms with Crippen LogP contribution in [0.1, 0.15) is 22.3 Å². The number of nitro groups is 1. The molecular formula is C12H11NO5. The van der Waals surface area contributed by atoms with Gasteiger partial charge < -0.3 is 4.74 Å². The molecule has 0 aliphatic carbocycles. The quantitative estimate of drug-likeness (QED) is 0.344. The molecule has 94 valence electrons. The van der Waals surface area contributed by atoms with Gasteiger partial charge in [-0.3, -0.25) is 19.7 Å². The van der Waals surface area contributed by atoms with Gasteiger partial charge in [0, 0.05) is 6.07 Å². The van der Waals surface area contributed by atoms with Gasteiger partial charge in [-0.05, 0) is 11.6 Å². The Kier molecular flexibility index (Phi) is 4.74. The van der Waals surface area contributed by atoms with E-state index in [1.54, 1.807) is 12.1 Å². The van der Waals surface area contributed by atoms with E-state index in [1.165, 1.54) is 25.3 Å². The Bertz CT molecular complexity index is 507. The summed E-state index contributed by atoms with van der Waals surface area (Å²) in [6.07, 6.45) is 3.60. The first-order valence-corrected chi connectivity index (χ1v) is 5.05. The summed E-state index contributed by atoms with van der Waals surface area (Å²) in [5.41, 5.74) is 0.298. The highest BCUT2D eigenvalue weighted by molar-refractivity contribution is 5.82. The maximum atomic E-state index is 10.8. The molecule has 0 fully saturated rings. The summed E-state index contributed by atoms with van der Waals surface area (Å²) in [7, 11) is 1.28. The molecule has 0 saturated carbocycles. The zero-order valence-electron chi connectivity index (χ0n) is 9.66. The van der Waals surface area contributed by atoms with Gasteiger partial charge in [0.1, 0.15) is 0 Å². The molecule has 0 radical (unpaired) electrons. The zero-order valence-corrected chi connectivity index (χ0v) is 9.66. The number of hydrogen-bond acceptors (Lipinski definition) is 5. The summed E-state index contributed by atoms with van der Waals surface area (Å²) in [4.78, 5) is 31.5. The SMILES string of the molecule is COC(=O)CC=Cc1ccc(C=O)c([N+](=O)[O-])c1. The second-order valence-electron chi connectivity index (χ2n) is 3.38. The van der Waals surface area contributed by atoms with E-state index in [0.29, 0.717) is 11.8 Å². The van der Waals surface area contributed by atoms with Gasteiger partial charge in [-0.2, -0.15) is 0 Å². The monoisotopic (exact) mass is 249 g/mol. The van der Waals surface area contributed by atoms with Crippen molar-refractivity contribution in [3.8, 4) is 0 Å². The van der Waals surface area contributed by atoms with E-state index < -0.39 is 10.9 Å². The van der Waals surface area contributed by atoms with Gasteiger partial charge in [-0.15, -0.1) is 0 Å². The van der Waals surface area contributed by atoms with Gasteiger partial charge in [0.05, 0.1) is 24.0 Å². The van der Waals surface area contributed by atoms with Gasteiger partial charge >= 0.3 is 5.97 Å². The number of methoxy groups -OCH3 is 1. The summed E-state index contributed by atoms with van der Waals surface area (Å²) in [6, 6.07) is 4.20. The van der Waals surface area contributed by atoms with Crippen LogP contribution in [-0.2, 0) is 9.53 Å². The maximum absolute atomic E-state index is 10.8. The van der Waals surface area contributed by atoms with Crippen molar-refractivity contribution >= 4 is 24.0 Å². The topological polar surface area (TPSA) is 86.5 Å². The highest BCUT2D eigenvalue weighted by atomic mass is 16.6. The second-order valence-corrected chi connectivity index (χ2v) is 3.38. The first kappa shape index (κ1) is 13.6. The Labute approximate surface area is 103 Å². The molecule has 0 atom stereocenters. The third kappa shape index (κ3) is 3.51. The van der Waals surface area contributed by atoms with Gasteiger partial charge in [0.15, 0.2) is 6.29 Å². The zero-order chi connectivity index (χ0) is 13.5. The molecule has 0 aliphatic heterocycles. The average Bonchev–Trinajstić information content (AvgIpc) is 2.38. The van der Waals surface area contributed by atoms with Crippen molar-refractivity contribution in [2.24, 2.45) is 0 Å². The normalized spacial score (nSPS) is 10.3. The molecule has 6 heteroatoms. The molecule has 0 saturated heterocycles. The Balaban J connectivity index is 2.91. The molecule has 18 heavy (non-hydrogen) atoms. The van der Waals surface area contributed by atoms with Crippen molar-refractivity contribution in [3.05, 3.63) is 45.5 Å². The van der Waals surface area contributed by atoms with E-state index in [0.717, 1.165) is 0 Å². The number of aldehydes is 1. The summed E-state index contributed by atoms with van der Waals surface area (Å²) in [6.45, 7) is 0. The first-order valence-electron chi connectivity index (χ1n) is 5.05. The number of hydrogen-bond donors (Lipinski definition) is 0. The van der Waals surface area contributed by atoms with Crippen LogP contribution in [0.25, 0.3) is 6.08 Å². The van der Waals surface area contributed by atoms with E-state index in [1.807, 2.05) is 0 Å². The molecule has 0 spiro atoms. The van der Waals surface area contributed by atoms with E-state index in [2.05, 4.69) is 4.74 Å². The van der Waals surface area contributed by atoms with Gasteiger partial charge in [-0.25, -0.2) is 0 Å².